The number of nitro benzene ring substituents is 1. The molecule has 5 nitrogen and oxygen atoms in total. The van der Waals surface area contributed by atoms with E-state index < -0.39 is 11.0 Å². The molecule has 1 rings (SSSR count). The van der Waals surface area contributed by atoms with Crippen LogP contribution in [0.1, 0.15) is 32.4 Å². The van der Waals surface area contributed by atoms with E-state index in [9.17, 15) is 15.2 Å². The second-order valence-electron chi connectivity index (χ2n) is 4.39. The quantitative estimate of drug-likeness (QED) is 0.646. The molecule has 1 N–H and O–H groups in total. The highest BCUT2D eigenvalue weighted by atomic mass is 16.6. The summed E-state index contributed by atoms with van der Waals surface area (Å²) in [5.41, 5.74) is 1.15. The Morgan fingerprint density at radius 2 is 1.94 bits per heavy atom. The maximum absolute atomic E-state index is 11.0. The molecule has 0 saturated carbocycles. The van der Waals surface area contributed by atoms with Crippen molar-refractivity contribution >= 4 is 11.4 Å². The molecule has 0 bridgehead atoms. The highest BCUT2D eigenvalue weighted by Gasteiger charge is 2.20. The first-order valence-electron chi connectivity index (χ1n) is 5.53. The van der Waals surface area contributed by atoms with Crippen LogP contribution in [-0.2, 0) is 0 Å². The first-order chi connectivity index (χ1) is 7.84. The highest BCUT2D eigenvalue weighted by molar-refractivity contribution is 5.64. The van der Waals surface area contributed by atoms with Gasteiger partial charge in [-0.2, -0.15) is 0 Å². The molecule has 0 radical (unpaired) electrons. The van der Waals surface area contributed by atoms with E-state index >= 15 is 0 Å². The first kappa shape index (κ1) is 13.4. The standard InChI is InChI=1S/C12H18N2O3/c1-8(2)13(4)11-6-5-10(9(3)15)7-12(11)14(16)17/h5-9,15H,1-4H3. The number of anilines is 1. The fourth-order valence-corrected chi connectivity index (χ4v) is 1.52. The summed E-state index contributed by atoms with van der Waals surface area (Å²) in [5.74, 6) is 0. The third-order valence-corrected chi connectivity index (χ3v) is 2.83. The average molecular weight is 238 g/mol. The second kappa shape index (κ2) is 5.14. The predicted octanol–water partition coefficient (Wildman–Crippen LogP) is 2.49. The van der Waals surface area contributed by atoms with E-state index in [0.29, 0.717) is 11.3 Å². The van der Waals surface area contributed by atoms with Gasteiger partial charge >= 0.3 is 0 Å². The Kier molecular flexibility index (Phi) is 4.07. The van der Waals surface area contributed by atoms with Crippen molar-refractivity contribution in [3.63, 3.8) is 0 Å². The predicted molar refractivity (Wildman–Crippen MR) is 67.3 cm³/mol. The first-order valence-corrected chi connectivity index (χ1v) is 5.53. The van der Waals surface area contributed by atoms with Crippen LogP contribution in [0, 0.1) is 10.1 Å². The van der Waals surface area contributed by atoms with Gasteiger partial charge in [0.2, 0.25) is 0 Å². The zero-order valence-electron chi connectivity index (χ0n) is 10.5. The van der Waals surface area contributed by atoms with Crippen LogP contribution in [0.5, 0.6) is 0 Å². The number of nitrogens with zero attached hydrogens (tertiary/aromatic N) is 2. The SMILES string of the molecule is CC(O)c1ccc(N(C)C(C)C)c([N+](=O)[O-])c1. The molecule has 0 fully saturated rings. The molecule has 1 aromatic rings. The average Bonchev–Trinajstić information content (AvgIpc) is 2.26. The van der Waals surface area contributed by atoms with Crippen molar-refractivity contribution in [3.8, 4) is 0 Å². The number of hydrogen-bond acceptors (Lipinski definition) is 4. The lowest BCUT2D eigenvalue weighted by atomic mass is 10.1. The summed E-state index contributed by atoms with van der Waals surface area (Å²) in [7, 11) is 1.81. The summed E-state index contributed by atoms with van der Waals surface area (Å²) in [6.07, 6.45) is -0.702. The van der Waals surface area contributed by atoms with Crippen molar-refractivity contribution in [1.29, 1.82) is 0 Å². The Hall–Kier alpha value is -1.62. The summed E-state index contributed by atoms with van der Waals surface area (Å²) in [5, 5.41) is 20.5. The van der Waals surface area contributed by atoms with Gasteiger partial charge in [-0.05, 0) is 32.4 Å². The zero-order chi connectivity index (χ0) is 13.2. The van der Waals surface area contributed by atoms with Crippen LogP contribution < -0.4 is 4.90 Å². The van der Waals surface area contributed by atoms with Crippen LogP contribution in [0.15, 0.2) is 18.2 Å². The molecule has 17 heavy (non-hydrogen) atoms. The van der Waals surface area contributed by atoms with E-state index in [4.69, 9.17) is 0 Å². The van der Waals surface area contributed by atoms with Crippen molar-refractivity contribution in [2.45, 2.75) is 32.9 Å². The molecule has 0 aliphatic rings. The third-order valence-electron chi connectivity index (χ3n) is 2.83. The number of hydrogen-bond donors (Lipinski definition) is 1. The van der Waals surface area contributed by atoms with Crippen LogP contribution in [0.25, 0.3) is 0 Å². The van der Waals surface area contributed by atoms with E-state index in [1.54, 1.807) is 19.1 Å². The Balaban J connectivity index is 3.27. The monoisotopic (exact) mass is 238 g/mol. The van der Waals surface area contributed by atoms with Crippen LogP contribution in [0.2, 0.25) is 0 Å². The minimum atomic E-state index is -0.702. The molecular formula is C12H18N2O3. The molecule has 0 saturated heterocycles. The van der Waals surface area contributed by atoms with Crippen molar-refractivity contribution in [2.75, 3.05) is 11.9 Å². The lowest BCUT2D eigenvalue weighted by molar-refractivity contribution is -0.384. The van der Waals surface area contributed by atoms with Crippen LogP contribution in [0.4, 0.5) is 11.4 Å². The summed E-state index contributed by atoms with van der Waals surface area (Å²) >= 11 is 0. The third kappa shape index (κ3) is 2.94. The van der Waals surface area contributed by atoms with Gasteiger partial charge in [-0.25, -0.2) is 0 Å². The van der Waals surface area contributed by atoms with Gasteiger partial charge < -0.3 is 10.0 Å². The molecule has 0 amide bonds. The van der Waals surface area contributed by atoms with E-state index in [1.165, 1.54) is 6.07 Å². The topological polar surface area (TPSA) is 66.6 Å². The summed E-state index contributed by atoms with van der Waals surface area (Å²) in [4.78, 5) is 12.4. The molecule has 1 unspecified atom stereocenters. The van der Waals surface area contributed by atoms with E-state index in [1.807, 2.05) is 25.8 Å². The molecule has 0 spiro atoms. The zero-order valence-corrected chi connectivity index (χ0v) is 10.5. The summed E-state index contributed by atoms with van der Waals surface area (Å²) in [6, 6.07) is 5.00. The normalized spacial score (nSPS) is 12.6. The minimum absolute atomic E-state index is 0.0274. The number of aliphatic hydroxyl groups excluding tert-OH is 1. The van der Waals surface area contributed by atoms with Gasteiger partial charge in [0.1, 0.15) is 5.69 Å². The van der Waals surface area contributed by atoms with Crippen LogP contribution in [-0.4, -0.2) is 23.1 Å². The molecule has 94 valence electrons. The maximum Gasteiger partial charge on any atom is 0.292 e. The van der Waals surface area contributed by atoms with E-state index in [-0.39, 0.29) is 11.7 Å². The van der Waals surface area contributed by atoms with Crippen LogP contribution in [0.3, 0.4) is 0 Å². The van der Waals surface area contributed by atoms with Crippen molar-refractivity contribution in [2.24, 2.45) is 0 Å². The van der Waals surface area contributed by atoms with E-state index in [2.05, 4.69) is 0 Å². The number of aliphatic hydroxyl groups is 1. The summed E-state index contributed by atoms with van der Waals surface area (Å²) < 4.78 is 0. The second-order valence-corrected chi connectivity index (χ2v) is 4.39. The largest absolute Gasteiger partial charge is 0.389 e. The van der Waals surface area contributed by atoms with Crippen molar-refractivity contribution in [1.82, 2.24) is 0 Å². The Labute approximate surface area is 101 Å². The van der Waals surface area contributed by atoms with Gasteiger partial charge in [-0.1, -0.05) is 6.07 Å². The van der Waals surface area contributed by atoms with Gasteiger partial charge in [0.25, 0.3) is 5.69 Å². The fraction of sp³-hybridized carbons (Fsp3) is 0.500. The Morgan fingerprint density at radius 3 is 2.35 bits per heavy atom. The lowest BCUT2D eigenvalue weighted by Gasteiger charge is -2.23. The van der Waals surface area contributed by atoms with Gasteiger partial charge in [0.05, 0.1) is 11.0 Å². The van der Waals surface area contributed by atoms with Gasteiger partial charge in [0.15, 0.2) is 0 Å². The molecule has 5 heteroatoms. The van der Waals surface area contributed by atoms with Gasteiger partial charge in [0, 0.05) is 19.2 Å². The maximum atomic E-state index is 11.0. The molecule has 1 atom stereocenters. The van der Waals surface area contributed by atoms with Crippen molar-refractivity contribution in [3.05, 3.63) is 33.9 Å². The molecule has 1 aromatic carbocycles. The number of nitro groups is 1. The molecule has 0 aliphatic carbocycles. The van der Waals surface area contributed by atoms with E-state index in [0.717, 1.165) is 0 Å². The number of rotatable bonds is 4. The summed E-state index contributed by atoms with van der Waals surface area (Å²) in [6.45, 7) is 5.52. The smallest absolute Gasteiger partial charge is 0.292 e. The van der Waals surface area contributed by atoms with Crippen molar-refractivity contribution < 1.29 is 10.0 Å². The number of benzene rings is 1. The highest BCUT2D eigenvalue weighted by Crippen LogP contribution is 2.31. The molecule has 0 aromatic heterocycles. The van der Waals surface area contributed by atoms with Gasteiger partial charge in [-0.3, -0.25) is 10.1 Å². The molecular weight excluding hydrogens is 220 g/mol. The molecule has 0 aliphatic heterocycles. The van der Waals surface area contributed by atoms with Crippen LogP contribution >= 0.6 is 0 Å². The fourth-order valence-electron chi connectivity index (χ4n) is 1.52. The minimum Gasteiger partial charge on any atom is -0.389 e. The molecule has 0 heterocycles. The Bertz CT molecular complexity index is 416. The Morgan fingerprint density at radius 1 is 1.35 bits per heavy atom. The van der Waals surface area contributed by atoms with Gasteiger partial charge in [-0.15, -0.1) is 0 Å². The lowest BCUT2D eigenvalue weighted by Crippen LogP contribution is -2.26.